The number of imide groups is 1. The molecular formula is C20H22N4O2S. The molecule has 0 unspecified atom stereocenters. The number of aryl methyl sites for hydroxylation is 2. The van der Waals surface area contributed by atoms with Crippen molar-refractivity contribution in [2.24, 2.45) is 0 Å². The van der Waals surface area contributed by atoms with Crippen LogP contribution in [0.1, 0.15) is 30.0 Å². The first-order valence-corrected chi connectivity index (χ1v) is 9.15. The fourth-order valence-corrected chi connectivity index (χ4v) is 3.33. The number of nitrogens with zero attached hydrogens (tertiary/aromatic N) is 1. The first-order chi connectivity index (χ1) is 12.9. The Morgan fingerprint density at radius 1 is 1.11 bits per heavy atom. The number of hydrogen-bond donors (Lipinski definition) is 3. The monoisotopic (exact) mass is 382 g/mol. The SMILES string of the molecule is CC[C@@]1(c2ccccc2)NC(=O)N(NC(=S)Nc2ccc(C)c(C)c2)C1=O. The number of hydrogen-bond acceptors (Lipinski definition) is 3. The fraction of sp³-hybridized carbons (Fsp3) is 0.250. The van der Waals surface area contributed by atoms with Gasteiger partial charge in [0.2, 0.25) is 0 Å². The van der Waals surface area contributed by atoms with Crippen molar-refractivity contribution in [2.45, 2.75) is 32.7 Å². The molecule has 0 aromatic heterocycles. The van der Waals surface area contributed by atoms with Crippen LogP contribution < -0.4 is 16.1 Å². The van der Waals surface area contributed by atoms with E-state index in [0.29, 0.717) is 6.42 Å². The minimum atomic E-state index is -1.10. The van der Waals surface area contributed by atoms with Gasteiger partial charge in [-0.05, 0) is 61.3 Å². The van der Waals surface area contributed by atoms with Gasteiger partial charge in [-0.15, -0.1) is 0 Å². The molecule has 0 bridgehead atoms. The summed E-state index contributed by atoms with van der Waals surface area (Å²) in [5.74, 6) is -0.384. The van der Waals surface area contributed by atoms with Crippen LogP contribution in [0.2, 0.25) is 0 Å². The summed E-state index contributed by atoms with van der Waals surface area (Å²) >= 11 is 5.29. The molecule has 0 radical (unpaired) electrons. The highest BCUT2D eigenvalue weighted by Crippen LogP contribution is 2.31. The Balaban J connectivity index is 1.77. The number of carbonyl (C=O) groups is 2. The third kappa shape index (κ3) is 3.50. The number of amides is 3. The van der Waals surface area contributed by atoms with Crippen LogP contribution in [-0.4, -0.2) is 22.1 Å². The largest absolute Gasteiger partial charge is 0.344 e. The Morgan fingerprint density at radius 2 is 1.81 bits per heavy atom. The van der Waals surface area contributed by atoms with Gasteiger partial charge >= 0.3 is 6.03 Å². The molecule has 0 saturated carbocycles. The maximum Gasteiger partial charge on any atom is 0.344 e. The minimum absolute atomic E-state index is 0.168. The summed E-state index contributed by atoms with van der Waals surface area (Å²) in [7, 11) is 0. The first-order valence-electron chi connectivity index (χ1n) is 8.74. The zero-order valence-corrected chi connectivity index (χ0v) is 16.3. The molecule has 3 N–H and O–H groups in total. The lowest BCUT2D eigenvalue weighted by molar-refractivity contribution is -0.133. The molecule has 7 heteroatoms. The average Bonchev–Trinajstić information content (AvgIpc) is 2.90. The molecule has 0 spiro atoms. The summed E-state index contributed by atoms with van der Waals surface area (Å²) in [6.45, 7) is 5.89. The van der Waals surface area contributed by atoms with Gasteiger partial charge in [-0.3, -0.25) is 10.2 Å². The second-order valence-corrected chi connectivity index (χ2v) is 6.97. The second-order valence-electron chi connectivity index (χ2n) is 6.56. The third-order valence-electron chi connectivity index (χ3n) is 4.87. The molecule has 2 aromatic rings. The number of anilines is 1. The fourth-order valence-electron chi connectivity index (χ4n) is 3.12. The molecule has 6 nitrogen and oxygen atoms in total. The van der Waals surface area contributed by atoms with E-state index in [1.54, 1.807) is 0 Å². The smallest absolute Gasteiger partial charge is 0.331 e. The average molecular weight is 382 g/mol. The van der Waals surface area contributed by atoms with E-state index in [9.17, 15) is 9.59 Å². The van der Waals surface area contributed by atoms with Crippen molar-refractivity contribution >= 4 is 35.0 Å². The van der Waals surface area contributed by atoms with Crippen molar-refractivity contribution in [3.63, 3.8) is 0 Å². The summed E-state index contributed by atoms with van der Waals surface area (Å²) in [5, 5.41) is 6.92. The van der Waals surface area contributed by atoms with Crippen molar-refractivity contribution in [1.82, 2.24) is 15.8 Å². The van der Waals surface area contributed by atoms with Gasteiger partial charge in [0, 0.05) is 5.69 Å². The molecule has 0 aliphatic carbocycles. The molecular weight excluding hydrogens is 360 g/mol. The maximum absolute atomic E-state index is 13.0. The van der Waals surface area contributed by atoms with Crippen LogP contribution in [-0.2, 0) is 10.3 Å². The molecule has 1 atom stereocenters. The lowest BCUT2D eigenvalue weighted by atomic mass is 9.87. The Morgan fingerprint density at radius 3 is 2.44 bits per heavy atom. The molecule has 2 aromatic carbocycles. The number of urea groups is 1. The topological polar surface area (TPSA) is 73.5 Å². The van der Waals surface area contributed by atoms with E-state index < -0.39 is 11.6 Å². The summed E-state index contributed by atoms with van der Waals surface area (Å²) in [6.07, 6.45) is 0.428. The van der Waals surface area contributed by atoms with Gasteiger partial charge in [0.25, 0.3) is 5.91 Å². The van der Waals surface area contributed by atoms with Gasteiger partial charge in [-0.25, -0.2) is 4.79 Å². The number of benzene rings is 2. The molecule has 27 heavy (non-hydrogen) atoms. The van der Waals surface area contributed by atoms with Crippen LogP contribution in [0.25, 0.3) is 0 Å². The summed E-state index contributed by atoms with van der Waals surface area (Å²) in [5.41, 5.74) is 5.43. The van der Waals surface area contributed by atoms with Gasteiger partial charge in [-0.2, -0.15) is 5.01 Å². The molecule has 3 amide bonds. The highest BCUT2D eigenvalue weighted by atomic mass is 32.1. The first kappa shape index (κ1) is 18.8. The van der Waals surface area contributed by atoms with E-state index in [2.05, 4.69) is 16.1 Å². The van der Waals surface area contributed by atoms with Crippen molar-refractivity contribution in [2.75, 3.05) is 5.32 Å². The maximum atomic E-state index is 13.0. The van der Waals surface area contributed by atoms with E-state index in [1.165, 1.54) is 5.56 Å². The third-order valence-corrected chi connectivity index (χ3v) is 5.06. The lowest BCUT2D eigenvalue weighted by Crippen LogP contribution is -2.49. The normalized spacial score (nSPS) is 19.0. The molecule has 1 aliphatic rings. The van der Waals surface area contributed by atoms with Crippen molar-refractivity contribution < 1.29 is 9.59 Å². The van der Waals surface area contributed by atoms with E-state index >= 15 is 0 Å². The zero-order chi connectivity index (χ0) is 19.6. The van der Waals surface area contributed by atoms with E-state index in [0.717, 1.165) is 21.8 Å². The minimum Gasteiger partial charge on any atom is -0.331 e. The van der Waals surface area contributed by atoms with Gasteiger partial charge in [0.05, 0.1) is 0 Å². The van der Waals surface area contributed by atoms with Crippen LogP contribution in [0.15, 0.2) is 48.5 Å². The Kier molecular flexibility index (Phi) is 5.14. The zero-order valence-electron chi connectivity index (χ0n) is 15.5. The van der Waals surface area contributed by atoms with Crippen LogP contribution in [0, 0.1) is 13.8 Å². The number of rotatable bonds is 4. The highest BCUT2D eigenvalue weighted by molar-refractivity contribution is 7.80. The second kappa shape index (κ2) is 7.36. The molecule has 3 rings (SSSR count). The number of carbonyl (C=O) groups excluding carboxylic acids is 2. The molecule has 1 aliphatic heterocycles. The number of thiocarbonyl (C=S) groups is 1. The van der Waals surface area contributed by atoms with Crippen LogP contribution >= 0.6 is 12.2 Å². The summed E-state index contributed by atoms with van der Waals surface area (Å²) < 4.78 is 0. The Hall–Kier alpha value is -2.93. The van der Waals surface area contributed by atoms with Crippen LogP contribution in [0.4, 0.5) is 10.5 Å². The molecule has 140 valence electrons. The van der Waals surface area contributed by atoms with E-state index in [4.69, 9.17) is 12.2 Å². The van der Waals surface area contributed by atoms with E-state index in [-0.39, 0.29) is 11.0 Å². The summed E-state index contributed by atoms with van der Waals surface area (Å²) in [6, 6.07) is 14.5. The van der Waals surface area contributed by atoms with Gasteiger partial charge in [0.1, 0.15) is 5.54 Å². The van der Waals surface area contributed by atoms with Gasteiger partial charge in [-0.1, -0.05) is 43.3 Å². The quantitative estimate of drug-likeness (QED) is 0.559. The van der Waals surface area contributed by atoms with Crippen molar-refractivity contribution in [3.8, 4) is 0 Å². The van der Waals surface area contributed by atoms with E-state index in [1.807, 2.05) is 69.3 Å². The molecule has 1 heterocycles. The Bertz CT molecular complexity index is 900. The van der Waals surface area contributed by atoms with Crippen LogP contribution in [0.3, 0.4) is 0 Å². The lowest BCUT2D eigenvalue weighted by Gasteiger charge is -2.25. The molecule has 1 fully saturated rings. The van der Waals surface area contributed by atoms with Crippen LogP contribution in [0.5, 0.6) is 0 Å². The predicted molar refractivity (Wildman–Crippen MR) is 109 cm³/mol. The van der Waals surface area contributed by atoms with Gasteiger partial charge < -0.3 is 10.6 Å². The van der Waals surface area contributed by atoms with Gasteiger partial charge in [0.15, 0.2) is 5.11 Å². The number of nitrogens with one attached hydrogen (secondary N) is 3. The number of hydrazine groups is 1. The summed E-state index contributed by atoms with van der Waals surface area (Å²) in [4.78, 5) is 25.5. The molecule has 1 saturated heterocycles. The highest BCUT2D eigenvalue weighted by Gasteiger charge is 2.51. The predicted octanol–water partition coefficient (Wildman–Crippen LogP) is 3.36. The van der Waals surface area contributed by atoms with Crippen molar-refractivity contribution in [3.05, 3.63) is 65.2 Å². The van der Waals surface area contributed by atoms with Crippen molar-refractivity contribution in [1.29, 1.82) is 0 Å². The Labute approximate surface area is 163 Å². The standard InChI is InChI=1S/C20H22N4O2S/c1-4-20(15-8-6-5-7-9-15)17(25)24(19(26)22-20)23-18(27)21-16-11-10-13(2)14(3)12-16/h5-12H,4H2,1-3H3,(H,22,26)(H2,21,23,27)/t20-/m0/s1.